The summed E-state index contributed by atoms with van der Waals surface area (Å²) in [5.74, 6) is -2.50. The normalized spacial score (nSPS) is 51.3. The van der Waals surface area contributed by atoms with Gasteiger partial charge in [-0.15, -0.1) is 0 Å². The molecule has 0 saturated heterocycles. The molecule has 4 unspecified atom stereocenters. The lowest BCUT2D eigenvalue weighted by atomic mass is 9.02. The lowest BCUT2D eigenvalue weighted by molar-refractivity contribution is -0.592. The topological polar surface area (TPSA) is 105 Å². The molecule has 146 valence electrons. The molecule has 10 atom stereocenters. The number of fused-ring (bicyclic) bond motifs is 1. The highest BCUT2D eigenvalue weighted by Gasteiger charge is 3.07. The fraction of sp³-hybridized carbons (Fsp3) is 0.789. The summed E-state index contributed by atoms with van der Waals surface area (Å²) in [6.45, 7) is 2.92. The number of methoxy groups -OCH3 is 2. The Morgan fingerprint density at radius 3 is 1.67 bits per heavy atom. The van der Waals surface area contributed by atoms with E-state index in [0.717, 1.165) is 0 Å². The first-order valence-corrected chi connectivity index (χ1v) is 9.28. The van der Waals surface area contributed by atoms with E-state index in [4.69, 9.17) is 18.9 Å². The van der Waals surface area contributed by atoms with Gasteiger partial charge >= 0.3 is 23.9 Å². The van der Waals surface area contributed by atoms with Crippen LogP contribution in [0.25, 0.3) is 0 Å². The summed E-state index contributed by atoms with van der Waals surface area (Å²) in [6.07, 6.45) is 0. The van der Waals surface area contributed by atoms with Crippen LogP contribution in [0.4, 0.5) is 0 Å². The zero-order valence-electron chi connectivity index (χ0n) is 15.6. The largest absolute Gasteiger partial charge is 0.469 e. The first-order chi connectivity index (χ1) is 12.8. The standard InChI is InChI=1S/C19H22O8/c1-6(20)26-5-18-12-10-8(16(22)24-3)9(17(23)25-4)11-14(12)19(18,27-7(2)21)15(11)13(10)18/h8-15H,5H2,1-4H3/t8-,9+,10?,11?,12+,13+,14-,15+,18?,19?/m1/s1. The van der Waals surface area contributed by atoms with Gasteiger partial charge in [0.05, 0.1) is 31.5 Å². The van der Waals surface area contributed by atoms with Crippen molar-refractivity contribution in [1.82, 2.24) is 0 Å². The van der Waals surface area contributed by atoms with E-state index in [0.29, 0.717) is 0 Å². The second-order valence-corrected chi connectivity index (χ2v) is 8.56. The van der Waals surface area contributed by atoms with Crippen LogP contribution in [0.15, 0.2) is 0 Å². The molecule has 6 saturated carbocycles. The summed E-state index contributed by atoms with van der Waals surface area (Å²) in [5.41, 5.74) is -1.06. The molecular weight excluding hydrogens is 356 g/mol. The number of hydrogen-bond acceptors (Lipinski definition) is 8. The van der Waals surface area contributed by atoms with Crippen LogP contribution in [0.5, 0.6) is 0 Å². The second-order valence-electron chi connectivity index (χ2n) is 8.56. The van der Waals surface area contributed by atoms with Crippen molar-refractivity contribution >= 4 is 23.9 Å². The van der Waals surface area contributed by atoms with Gasteiger partial charge in [0.2, 0.25) is 0 Å². The van der Waals surface area contributed by atoms with E-state index >= 15 is 0 Å². The molecule has 6 aliphatic carbocycles. The van der Waals surface area contributed by atoms with Crippen molar-refractivity contribution in [3.63, 3.8) is 0 Å². The minimum atomic E-state index is -0.655. The highest BCUT2D eigenvalue weighted by atomic mass is 16.6. The summed E-state index contributed by atoms with van der Waals surface area (Å²) in [6, 6.07) is 0. The van der Waals surface area contributed by atoms with Crippen molar-refractivity contribution in [3.05, 3.63) is 0 Å². The second kappa shape index (κ2) is 4.83. The van der Waals surface area contributed by atoms with Crippen molar-refractivity contribution in [2.45, 2.75) is 19.4 Å². The third-order valence-corrected chi connectivity index (χ3v) is 8.33. The molecule has 6 aliphatic rings. The van der Waals surface area contributed by atoms with Crippen molar-refractivity contribution in [1.29, 1.82) is 0 Å². The average Bonchev–Trinajstić information content (AvgIpc) is 2.63. The number of hydrogen-bond donors (Lipinski definition) is 0. The number of carbonyl (C=O) groups excluding carboxylic acids is 4. The maximum Gasteiger partial charge on any atom is 0.309 e. The average molecular weight is 378 g/mol. The third kappa shape index (κ3) is 1.42. The summed E-state index contributed by atoms with van der Waals surface area (Å²) < 4.78 is 21.1. The molecule has 8 heteroatoms. The zero-order chi connectivity index (χ0) is 19.5. The molecule has 0 aromatic carbocycles. The van der Waals surface area contributed by atoms with Gasteiger partial charge in [-0.05, 0) is 23.7 Å². The quantitative estimate of drug-likeness (QED) is 0.493. The van der Waals surface area contributed by atoms with E-state index in [1.54, 1.807) is 0 Å². The fourth-order valence-electron chi connectivity index (χ4n) is 8.24. The minimum absolute atomic E-state index is 0.0157. The molecule has 0 aliphatic heterocycles. The van der Waals surface area contributed by atoms with E-state index in [9.17, 15) is 19.2 Å². The van der Waals surface area contributed by atoms with Crippen LogP contribution in [0.2, 0.25) is 0 Å². The summed E-state index contributed by atoms with van der Waals surface area (Å²) in [4.78, 5) is 48.2. The van der Waals surface area contributed by atoms with E-state index < -0.39 is 34.8 Å². The van der Waals surface area contributed by atoms with Gasteiger partial charge in [0.15, 0.2) is 0 Å². The highest BCUT2D eigenvalue weighted by molar-refractivity contribution is 5.86. The van der Waals surface area contributed by atoms with Gasteiger partial charge in [0.1, 0.15) is 12.2 Å². The first kappa shape index (κ1) is 17.0. The Morgan fingerprint density at radius 2 is 1.26 bits per heavy atom. The van der Waals surface area contributed by atoms with Gasteiger partial charge in [-0.3, -0.25) is 19.2 Å². The molecule has 2 bridgehead atoms. The molecule has 0 N–H and O–H groups in total. The number of rotatable bonds is 5. The van der Waals surface area contributed by atoms with Crippen LogP contribution in [0, 0.1) is 52.8 Å². The smallest absolute Gasteiger partial charge is 0.309 e. The molecule has 0 aromatic heterocycles. The maximum atomic E-state index is 12.5. The Labute approximate surface area is 155 Å². The van der Waals surface area contributed by atoms with Gasteiger partial charge in [0, 0.05) is 25.7 Å². The first-order valence-electron chi connectivity index (χ1n) is 9.28. The predicted molar refractivity (Wildman–Crippen MR) is 85.5 cm³/mol. The number of ether oxygens (including phenoxy) is 4. The summed E-state index contributed by atoms with van der Waals surface area (Å²) in [7, 11) is 2.65. The molecular formula is C19H22O8. The van der Waals surface area contributed by atoms with Crippen LogP contribution >= 0.6 is 0 Å². The number of carbonyl (C=O) groups is 4. The summed E-state index contributed by atoms with van der Waals surface area (Å²) in [5, 5.41) is 0. The van der Waals surface area contributed by atoms with Crippen LogP contribution in [-0.2, 0) is 38.1 Å². The Hall–Kier alpha value is -2.12. The Balaban J connectivity index is 1.53. The molecule has 6 fully saturated rings. The number of esters is 4. The monoisotopic (exact) mass is 378 g/mol. The lowest BCUT2D eigenvalue weighted by Crippen LogP contribution is -3.08. The van der Waals surface area contributed by atoms with Gasteiger partial charge < -0.3 is 18.9 Å². The van der Waals surface area contributed by atoms with Gasteiger partial charge in [-0.2, -0.15) is 0 Å². The summed E-state index contributed by atoms with van der Waals surface area (Å²) >= 11 is 0. The SMILES string of the molecule is COC(=O)[C@@H]1C2[C@@H]3[C@@H]4C([C@@H]1C(=O)OC)[C@H]1[C@H]2C3(OC(C)=O)C41COC(C)=O. The minimum Gasteiger partial charge on any atom is -0.469 e. The maximum absolute atomic E-state index is 12.5. The molecule has 0 radical (unpaired) electrons. The third-order valence-electron chi connectivity index (χ3n) is 8.33. The molecule has 0 heterocycles. The van der Waals surface area contributed by atoms with Crippen LogP contribution < -0.4 is 0 Å². The molecule has 0 spiro atoms. The Bertz CT molecular complexity index is 767. The van der Waals surface area contributed by atoms with Crippen molar-refractivity contribution in [3.8, 4) is 0 Å². The van der Waals surface area contributed by atoms with Crippen molar-refractivity contribution in [2.75, 3.05) is 20.8 Å². The van der Waals surface area contributed by atoms with Crippen LogP contribution in [0.1, 0.15) is 13.8 Å². The van der Waals surface area contributed by atoms with Gasteiger partial charge in [-0.25, -0.2) is 0 Å². The van der Waals surface area contributed by atoms with E-state index in [2.05, 4.69) is 0 Å². The van der Waals surface area contributed by atoms with Gasteiger partial charge in [-0.1, -0.05) is 0 Å². The van der Waals surface area contributed by atoms with Crippen LogP contribution in [-0.4, -0.2) is 50.3 Å². The zero-order valence-corrected chi connectivity index (χ0v) is 15.6. The van der Waals surface area contributed by atoms with Crippen molar-refractivity contribution in [2.24, 2.45) is 52.8 Å². The highest BCUT2D eigenvalue weighted by Crippen LogP contribution is 3.00. The Kier molecular flexibility index (Phi) is 3.04. The lowest BCUT2D eigenvalue weighted by Gasteiger charge is -3.01. The predicted octanol–water partition coefficient (Wildman–Crippen LogP) is 0.181. The van der Waals surface area contributed by atoms with Gasteiger partial charge in [0.25, 0.3) is 0 Å². The van der Waals surface area contributed by atoms with Crippen LogP contribution in [0.3, 0.4) is 0 Å². The van der Waals surface area contributed by atoms with E-state index in [1.807, 2.05) is 0 Å². The molecule has 8 nitrogen and oxygen atoms in total. The molecule has 0 amide bonds. The Morgan fingerprint density at radius 1 is 0.778 bits per heavy atom. The van der Waals surface area contributed by atoms with E-state index in [-0.39, 0.29) is 54.1 Å². The van der Waals surface area contributed by atoms with E-state index in [1.165, 1.54) is 28.1 Å². The molecule has 6 rings (SSSR count). The molecule has 27 heavy (non-hydrogen) atoms. The fourth-order valence-corrected chi connectivity index (χ4v) is 8.24. The molecule has 0 aromatic rings. The van der Waals surface area contributed by atoms with Crippen molar-refractivity contribution < 1.29 is 38.1 Å².